The van der Waals surface area contributed by atoms with E-state index in [4.69, 9.17) is 16.3 Å². The first kappa shape index (κ1) is 24.7. The molecule has 0 bridgehead atoms. The summed E-state index contributed by atoms with van der Waals surface area (Å²) < 4.78 is 33.9. The van der Waals surface area contributed by atoms with Gasteiger partial charge in [-0.15, -0.1) is 0 Å². The van der Waals surface area contributed by atoms with Gasteiger partial charge in [0.15, 0.2) is 0 Å². The van der Waals surface area contributed by atoms with Crippen molar-refractivity contribution >= 4 is 33.2 Å². The predicted molar refractivity (Wildman–Crippen MR) is 128 cm³/mol. The van der Waals surface area contributed by atoms with Gasteiger partial charge in [0.25, 0.3) is 5.91 Å². The molecule has 0 radical (unpaired) electrons. The molecule has 1 aliphatic heterocycles. The molecule has 174 valence electrons. The number of ether oxygens (including phenoxy) is 1. The van der Waals surface area contributed by atoms with Gasteiger partial charge < -0.3 is 9.64 Å². The maximum absolute atomic E-state index is 13.6. The third-order valence-corrected chi connectivity index (χ3v) is 7.85. The fourth-order valence-corrected chi connectivity index (χ4v) is 6.13. The number of carbonyl (C=O) groups excluding carboxylic acids is 1. The zero-order valence-electron chi connectivity index (χ0n) is 19.4. The van der Waals surface area contributed by atoms with Crippen LogP contribution in [0.4, 0.5) is 5.69 Å². The Balaban J connectivity index is 2.03. The lowest BCUT2D eigenvalue weighted by atomic mass is 10.1. The number of sulfonamides is 1. The highest BCUT2D eigenvalue weighted by molar-refractivity contribution is 7.89. The van der Waals surface area contributed by atoms with E-state index in [2.05, 4.69) is 0 Å². The lowest BCUT2D eigenvalue weighted by Gasteiger charge is -2.34. The molecule has 32 heavy (non-hydrogen) atoms. The Morgan fingerprint density at radius 2 is 1.72 bits per heavy atom. The fourth-order valence-electron chi connectivity index (χ4n) is 4.04. The second kappa shape index (κ2) is 9.51. The van der Waals surface area contributed by atoms with Crippen LogP contribution < -0.4 is 4.90 Å². The van der Waals surface area contributed by atoms with Crippen molar-refractivity contribution < 1.29 is 17.9 Å². The summed E-state index contributed by atoms with van der Waals surface area (Å²) in [6, 6.07) is 10.3. The lowest BCUT2D eigenvalue weighted by Crippen LogP contribution is -2.48. The Labute approximate surface area is 196 Å². The summed E-state index contributed by atoms with van der Waals surface area (Å²) in [5.74, 6) is -0.273. The van der Waals surface area contributed by atoms with E-state index in [0.29, 0.717) is 0 Å². The summed E-state index contributed by atoms with van der Waals surface area (Å²) in [5.41, 5.74) is 3.09. The minimum atomic E-state index is -3.89. The number of aryl methyl sites for hydroxylation is 2. The Kier molecular flexibility index (Phi) is 7.34. The van der Waals surface area contributed by atoms with Crippen molar-refractivity contribution in [3.8, 4) is 0 Å². The second-order valence-electron chi connectivity index (χ2n) is 8.78. The third-order valence-electron chi connectivity index (χ3n) is 5.54. The van der Waals surface area contributed by atoms with Gasteiger partial charge in [-0.05, 0) is 76.9 Å². The Morgan fingerprint density at radius 1 is 1.09 bits per heavy atom. The number of carbonyl (C=O) groups is 1. The van der Waals surface area contributed by atoms with E-state index in [9.17, 15) is 13.2 Å². The number of rotatable bonds is 5. The highest BCUT2D eigenvalue weighted by Gasteiger charge is 2.34. The molecule has 1 fully saturated rings. The summed E-state index contributed by atoms with van der Waals surface area (Å²) in [5, 5.41) is 0.0937. The van der Waals surface area contributed by atoms with Crippen LogP contribution in [0.1, 0.15) is 49.2 Å². The first-order valence-corrected chi connectivity index (χ1v) is 12.6. The molecule has 6 nitrogen and oxygen atoms in total. The average molecular weight is 479 g/mol. The van der Waals surface area contributed by atoms with Gasteiger partial charge in [0.2, 0.25) is 10.0 Å². The first-order chi connectivity index (χ1) is 14.9. The third kappa shape index (κ3) is 5.01. The smallest absolute Gasteiger partial charge is 0.258 e. The monoisotopic (exact) mass is 478 g/mol. The van der Waals surface area contributed by atoms with Gasteiger partial charge in [-0.3, -0.25) is 4.79 Å². The molecule has 0 aromatic heterocycles. The zero-order chi connectivity index (χ0) is 23.8. The van der Waals surface area contributed by atoms with Crippen LogP contribution in [-0.2, 0) is 14.8 Å². The lowest BCUT2D eigenvalue weighted by molar-refractivity contribution is -0.0440. The van der Waals surface area contributed by atoms with E-state index in [-0.39, 0.29) is 52.7 Å². The number of hydrogen-bond donors (Lipinski definition) is 0. The maximum atomic E-state index is 13.6. The molecule has 1 aliphatic rings. The van der Waals surface area contributed by atoms with Crippen LogP contribution in [0.15, 0.2) is 41.3 Å². The standard InChI is InChI=1S/C24H31ClN2O4S/c1-15(2)27(22-11-16(3)7-8-17(22)4)24(28)20-9-10-21(25)23(12-20)32(29,30)26-13-18(5)31-19(6)14-26/h7-12,15,18-19H,13-14H2,1-6H3. The Morgan fingerprint density at radius 3 is 2.31 bits per heavy atom. The van der Waals surface area contributed by atoms with Crippen LogP contribution in [0.3, 0.4) is 0 Å². The van der Waals surface area contributed by atoms with E-state index in [1.807, 2.05) is 59.7 Å². The SMILES string of the molecule is Cc1ccc(C)c(N(C(=O)c2ccc(Cl)c(S(=O)(=O)N3CC(C)OC(C)C3)c2)C(C)C)c1. The minimum Gasteiger partial charge on any atom is -0.373 e. The second-order valence-corrected chi connectivity index (χ2v) is 11.1. The molecule has 2 aromatic rings. The van der Waals surface area contributed by atoms with Crippen molar-refractivity contribution in [3.63, 3.8) is 0 Å². The molecule has 0 N–H and O–H groups in total. The molecule has 1 heterocycles. The molecule has 0 saturated carbocycles. The Bertz CT molecular complexity index is 1110. The largest absolute Gasteiger partial charge is 0.373 e. The molecule has 8 heteroatoms. The van der Waals surface area contributed by atoms with Crippen molar-refractivity contribution in [2.45, 2.75) is 64.7 Å². The molecule has 1 amide bonds. The summed E-state index contributed by atoms with van der Waals surface area (Å²) in [4.78, 5) is 15.2. The number of amides is 1. The topological polar surface area (TPSA) is 66.9 Å². The number of benzene rings is 2. The zero-order valence-corrected chi connectivity index (χ0v) is 21.0. The Hall–Kier alpha value is -1.93. The first-order valence-electron chi connectivity index (χ1n) is 10.8. The van der Waals surface area contributed by atoms with Gasteiger partial charge in [0.05, 0.1) is 17.2 Å². The summed E-state index contributed by atoms with van der Waals surface area (Å²) in [6.07, 6.45) is -0.448. The van der Waals surface area contributed by atoms with E-state index >= 15 is 0 Å². The predicted octanol–water partition coefficient (Wildman–Crippen LogP) is 4.81. The minimum absolute atomic E-state index is 0.0593. The molecule has 3 rings (SSSR count). The van der Waals surface area contributed by atoms with Crippen LogP contribution in [0, 0.1) is 13.8 Å². The molecule has 2 atom stereocenters. The van der Waals surface area contributed by atoms with Gasteiger partial charge in [-0.25, -0.2) is 8.42 Å². The highest BCUT2D eigenvalue weighted by Crippen LogP contribution is 2.30. The molecule has 0 aliphatic carbocycles. The number of anilines is 1. The van der Waals surface area contributed by atoms with E-state index in [1.54, 1.807) is 11.0 Å². The van der Waals surface area contributed by atoms with Crippen LogP contribution in [0.25, 0.3) is 0 Å². The quantitative estimate of drug-likeness (QED) is 0.618. The van der Waals surface area contributed by atoms with Crippen molar-refractivity contribution in [1.29, 1.82) is 0 Å². The van der Waals surface area contributed by atoms with Crippen molar-refractivity contribution in [3.05, 3.63) is 58.1 Å². The summed E-state index contributed by atoms with van der Waals surface area (Å²) >= 11 is 6.32. The van der Waals surface area contributed by atoms with Crippen molar-refractivity contribution in [1.82, 2.24) is 4.31 Å². The van der Waals surface area contributed by atoms with Gasteiger partial charge in [-0.2, -0.15) is 4.31 Å². The van der Waals surface area contributed by atoms with E-state index in [0.717, 1.165) is 16.8 Å². The van der Waals surface area contributed by atoms with Gasteiger partial charge in [0, 0.05) is 30.4 Å². The number of hydrogen-bond acceptors (Lipinski definition) is 4. The van der Waals surface area contributed by atoms with E-state index in [1.165, 1.54) is 16.4 Å². The molecule has 0 spiro atoms. The number of halogens is 1. The highest BCUT2D eigenvalue weighted by atomic mass is 35.5. The van der Waals surface area contributed by atoms with Crippen LogP contribution in [0.5, 0.6) is 0 Å². The van der Waals surface area contributed by atoms with Crippen LogP contribution in [0.2, 0.25) is 5.02 Å². The molecular formula is C24H31ClN2O4S. The van der Waals surface area contributed by atoms with Gasteiger partial charge in [-0.1, -0.05) is 23.7 Å². The average Bonchev–Trinajstić information content (AvgIpc) is 2.70. The van der Waals surface area contributed by atoms with Gasteiger partial charge in [0.1, 0.15) is 4.90 Å². The number of nitrogens with zero attached hydrogens (tertiary/aromatic N) is 2. The van der Waals surface area contributed by atoms with Crippen molar-refractivity contribution in [2.75, 3.05) is 18.0 Å². The molecule has 2 aromatic carbocycles. The van der Waals surface area contributed by atoms with E-state index < -0.39 is 10.0 Å². The van der Waals surface area contributed by atoms with Gasteiger partial charge >= 0.3 is 0 Å². The molecular weight excluding hydrogens is 448 g/mol. The van der Waals surface area contributed by atoms with Crippen LogP contribution in [-0.4, -0.2) is 50.0 Å². The molecule has 2 unspecified atom stereocenters. The number of morpholine rings is 1. The van der Waals surface area contributed by atoms with Crippen molar-refractivity contribution in [2.24, 2.45) is 0 Å². The molecule has 1 saturated heterocycles. The fraction of sp³-hybridized carbons (Fsp3) is 0.458. The summed E-state index contributed by atoms with van der Waals surface area (Å²) in [6.45, 7) is 11.9. The van der Waals surface area contributed by atoms with Crippen LogP contribution >= 0.6 is 11.6 Å². The normalized spacial score (nSPS) is 19.9. The summed E-state index contributed by atoms with van der Waals surface area (Å²) in [7, 11) is -3.89. The maximum Gasteiger partial charge on any atom is 0.258 e.